The number of benzene rings is 1. The molecule has 0 atom stereocenters. The molecule has 144 valence electrons. The molecule has 0 bridgehead atoms. The Morgan fingerprint density at radius 1 is 1.07 bits per heavy atom. The molecule has 0 N–H and O–H groups in total. The molecule has 0 fully saturated rings. The van der Waals surface area contributed by atoms with Gasteiger partial charge in [0.2, 0.25) is 0 Å². The van der Waals surface area contributed by atoms with Crippen molar-refractivity contribution in [1.29, 1.82) is 0 Å². The molecule has 2 amide bonds. The molecule has 0 aliphatic carbocycles. The summed E-state index contributed by atoms with van der Waals surface area (Å²) in [6.45, 7) is 6.46. The number of carbonyl (C=O) groups is 2. The van der Waals surface area contributed by atoms with Gasteiger partial charge in [0.05, 0.1) is 5.69 Å². The minimum Gasteiger partial charge on any atom is -0.337 e. The molecule has 0 unspecified atom stereocenters. The Hall–Kier alpha value is -2.63. The van der Waals surface area contributed by atoms with Gasteiger partial charge in [0.1, 0.15) is 5.69 Å². The number of imidazole rings is 1. The average molecular weight is 368 g/mol. The summed E-state index contributed by atoms with van der Waals surface area (Å²) in [5, 5.41) is 0. The van der Waals surface area contributed by atoms with E-state index in [1.807, 2.05) is 48.7 Å². The number of hydrogen-bond donors (Lipinski definition) is 0. The van der Waals surface area contributed by atoms with E-state index >= 15 is 0 Å². The quantitative estimate of drug-likeness (QED) is 0.788. The first-order valence-electron chi connectivity index (χ1n) is 9.74. The van der Waals surface area contributed by atoms with Gasteiger partial charge in [-0.3, -0.25) is 9.59 Å². The van der Waals surface area contributed by atoms with Gasteiger partial charge in [-0.1, -0.05) is 30.3 Å². The van der Waals surface area contributed by atoms with E-state index in [1.165, 1.54) is 0 Å². The summed E-state index contributed by atoms with van der Waals surface area (Å²) >= 11 is 0. The summed E-state index contributed by atoms with van der Waals surface area (Å²) in [6, 6.07) is 9.89. The minimum atomic E-state index is -0.122. The van der Waals surface area contributed by atoms with Gasteiger partial charge < -0.3 is 14.4 Å². The van der Waals surface area contributed by atoms with E-state index in [2.05, 4.69) is 4.98 Å². The van der Waals surface area contributed by atoms with Gasteiger partial charge in [0, 0.05) is 33.2 Å². The van der Waals surface area contributed by atoms with E-state index in [9.17, 15) is 9.59 Å². The van der Waals surface area contributed by atoms with E-state index in [0.717, 1.165) is 37.1 Å². The topological polar surface area (TPSA) is 58.4 Å². The van der Waals surface area contributed by atoms with Crippen LogP contribution in [0, 0.1) is 0 Å². The largest absolute Gasteiger partial charge is 0.337 e. The summed E-state index contributed by atoms with van der Waals surface area (Å²) in [4.78, 5) is 34.0. The van der Waals surface area contributed by atoms with Crippen LogP contribution < -0.4 is 0 Å². The second-order valence-electron chi connectivity index (χ2n) is 6.96. The van der Waals surface area contributed by atoms with Crippen LogP contribution in [0.4, 0.5) is 0 Å². The van der Waals surface area contributed by atoms with E-state index < -0.39 is 0 Å². The first-order valence-corrected chi connectivity index (χ1v) is 9.74. The number of fused-ring (bicyclic) bond motifs is 1. The van der Waals surface area contributed by atoms with E-state index in [4.69, 9.17) is 0 Å². The fourth-order valence-electron chi connectivity index (χ4n) is 3.64. The van der Waals surface area contributed by atoms with Crippen LogP contribution in [0.1, 0.15) is 59.1 Å². The average Bonchev–Trinajstić information content (AvgIpc) is 3.08. The maximum Gasteiger partial charge on any atom is 0.289 e. The highest BCUT2D eigenvalue weighted by Crippen LogP contribution is 2.23. The molecule has 6 nitrogen and oxygen atoms in total. The lowest BCUT2D eigenvalue weighted by molar-refractivity contribution is 0.0754. The fourth-order valence-corrected chi connectivity index (χ4v) is 3.64. The number of carbonyl (C=O) groups excluding carboxylic acids is 2. The van der Waals surface area contributed by atoms with Crippen LogP contribution in [0.25, 0.3) is 0 Å². The number of amides is 2. The SMILES string of the molecule is CCN(CC)C(=O)c1nc(C(=O)N(C)Cc2ccccc2)c2n1CCCC2. The van der Waals surface area contributed by atoms with E-state index in [0.29, 0.717) is 31.2 Å². The Morgan fingerprint density at radius 2 is 1.78 bits per heavy atom. The lowest BCUT2D eigenvalue weighted by Gasteiger charge is -2.21. The summed E-state index contributed by atoms with van der Waals surface area (Å²) in [5.41, 5.74) is 2.41. The molecule has 0 saturated heterocycles. The van der Waals surface area contributed by atoms with Gasteiger partial charge in [-0.15, -0.1) is 0 Å². The van der Waals surface area contributed by atoms with Crippen LogP contribution in [-0.4, -0.2) is 51.3 Å². The molecule has 2 aromatic rings. The third-order valence-corrected chi connectivity index (χ3v) is 5.17. The minimum absolute atomic E-state index is 0.0899. The first-order chi connectivity index (χ1) is 13.1. The van der Waals surface area contributed by atoms with Crippen LogP contribution >= 0.6 is 0 Å². The number of rotatable bonds is 6. The van der Waals surface area contributed by atoms with Gasteiger partial charge in [-0.25, -0.2) is 4.98 Å². The van der Waals surface area contributed by atoms with Crippen molar-refractivity contribution < 1.29 is 9.59 Å². The number of nitrogens with zero attached hydrogens (tertiary/aromatic N) is 4. The fraction of sp³-hybridized carbons (Fsp3) is 0.476. The maximum absolute atomic E-state index is 13.1. The Morgan fingerprint density at radius 3 is 2.44 bits per heavy atom. The van der Waals surface area contributed by atoms with E-state index in [-0.39, 0.29) is 11.8 Å². The van der Waals surface area contributed by atoms with Gasteiger partial charge in [-0.2, -0.15) is 0 Å². The molecule has 6 heteroatoms. The Labute approximate surface area is 160 Å². The third-order valence-electron chi connectivity index (χ3n) is 5.17. The number of hydrogen-bond acceptors (Lipinski definition) is 3. The zero-order valence-corrected chi connectivity index (χ0v) is 16.4. The summed E-state index contributed by atoms with van der Waals surface area (Å²) in [5.74, 6) is 0.195. The zero-order valence-electron chi connectivity index (χ0n) is 16.4. The standard InChI is InChI=1S/C21H28N4O2/c1-4-24(5-2)21(27)19-22-18(17-13-9-10-14-25(17)19)20(26)23(3)15-16-11-7-6-8-12-16/h6-8,11-12H,4-5,9-10,13-15H2,1-3H3. The summed E-state index contributed by atoms with van der Waals surface area (Å²) in [7, 11) is 1.79. The lowest BCUT2D eigenvalue weighted by Crippen LogP contribution is -2.33. The van der Waals surface area contributed by atoms with Gasteiger partial charge >= 0.3 is 0 Å². The highest BCUT2D eigenvalue weighted by Gasteiger charge is 2.30. The van der Waals surface area contributed by atoms with Crippen LogP contribution in [0.15, 0.2) is 30.3 Å². The van der Waals surface area contributed by atoms with Gasteiger partial charge in [-0.05, 0) is 38.7 Å². The zero-order chi connectivity index (χ0) is 19.4. The smallest absolute Gasteiger partial charge is 0.289 e. The van der Waals surface area contributed by atoms with Crippen LogP contribution in [0.3, 0.4) is 0 Å². The monoisotopic (exact) mass is 368 g/mol. The molecule has 0 saturated carbocycles. The highest BCUT2D eigenvalue weighted by atomic mass is 16.2. The Bertz CT molecular complexity index is 809. The molecule has 1 aliphatic heterocycles. The van der Waals surface area contributed by atoms with Crippen LogP contribution in [0.2, 0.25) is 0 Å². The van der Waals surface area contributed by atoms with Crippen molar-refractivity contribution in [2.45, 2.75) is 46.2 Å². The summed E-state index contributed by atoms with van der Waals surface area (Å²) < 4.78 is 1.97. The Balaban J connectivity index is 1.91. The predicted octanol–water partition coefficient (Wildman–Crippen LogP) is 2.97. The third kappa shape index (κ3) is 3.89. The van der Waals surface area contributed by atoms with Crippen molar-refractivity contribution in [2.75, 3.05) is 20.1 Å². The molecule has 27 heavy (non-hydrogen) atoms. The molecule has 0 spiro atoms. The molecular weight excluding hydrogens is 340 g/mol. The van der Waals surface area contributed by atoms with Gasteiger partial charge in [0.15, 0.2) is 5.82 Å². The molecule has 1 aliphatic rings. The van der Waals surface area contributed by atoms with Gasteiger partial charge in [0.25, 0.3) is 11.8 Å². The van der Waals surface area contributed by atoms with Crippen molar-refractivity contribution in [3.8, 4) is 0 Å². The molecule has 1 aromatic carbocycles. The van der Waals surface area contributed by atoms with Crippen LogP contribution in [0.5, 0.6) is 0 Å². The van der Waals surface area contributed by atoms with Crippen molar-refractivity contribution in [2.24, 2.45) is 0 Å². The van der Waals surface area contributed by atoms with Crippen LogP contribution in [-0.2, 0) is 19.5 Å². The van der Waals surface area contributed by atoms with E-state index in [1.54, 1.807) is 16.8 Å². The second kappa shape index (κ2) is 8.37. The second-order valence-corrected chi connectivity index (χ2v) is 6.96. The summed E-state index contributed by atoms with van der Waals surface area (Å²) in [6.07, 6.45) is 2.82. The van der Waals surface area contributed by atoms with Crippen molar-refractivity contribution >= 4 is 11.8 Å². The maximum atomic E-state index is 13.1. The molecule has 1 aromatic heterocycles. The predicted molar refractivity (Wildman–Crippen MR) is 105 cm³/mol. The molecular formula is C21H28N4O2. The highest BCUT2D eigenvalue weighted by molar-refractivity contribution is 5.97. The Kier molecular flexibility index (Phi) is 5.94. The molecule has 2 heterocycles. The lowest BCUT2D eigenvalue weighted by atomic mass is 10.1. The normalized spacial score (nSPS) is 13.1. The van der Waals surface area contributed by atoms with Crippen molar-refractivity contribution in [3.05, 3.63) is 53.1 Å². The molecule has 3 rings (SSSR count). The number of aromatic nitrogens is 2. The van der Waals surface area contributed by atoms with Crippen molar-refractivity contribution in [3.63, 3.8) is 0 Å². The first kappa shape index (κ1) is 19.1. The van der Waals surface area contributed by atoms with Crippen molar-refractivity contribution in [1.82, 2.24) is 19.4 Å². The molecule has 0 radical (unpaired) electrons.